The van der Waals surface area contributed by atoms with Crippen molar-refractivity contribution in [3.05, 3.63) is 29.8 Å². The van der Waals surface area contributed by atoms with Crippen molar-refractivity contribution in [2.45, 2.75) is 49.4 Å². The van der Waals surface area contributed by atoms with Gasteiger partial charge in [-0.05, 0) is 51.2 Å². The van der Waals surface area contributed by atoms with Gasteiger partial charge >= 0.3 is 6.18 Å². The van der Waals surface area contributed by atoms with E-state index in [9.17, 15) is 23.4 Å². The van der Waals surface area contributed by atoms with Crippen LogP contribution in [0.1, 0.15) is 18.4 Å². The minimum Gasteiger partial charge on any atom is -0.394 e. The predicted molar refractivity (Wildman–Crippen MR) is 119 cm³/mol. The maximum atomic E-state index is 13.1. The Balaban J connectivity index is 1.36. The molecule has 7 nitrogen and oxygen atoms in total. The molecule has 3 aliphatic rings. The quantitative estimate of drug-likeness (QED) is 0.571. The maximum absolute atomic E-state index is 13.1. The fourth-order valence-corrected chi connectivity index (χ4v) is 5.25. The molecule has 3 N–H and O–H groups in total. The summed E-state index contributed by atoms with van der Waals surface area (Å²) in [6.07, 6.45) is -3.92. The number of piperazine rings is 1. The minimum absolute atomic E-state index is 0.243. The smallest absolute Gasteiger partial charge is 0.394 e. The molecule has 3 heterocycles. The number of ether oxygens (including phenoxy) is 1. The molecule has 10 heteroatoms. The molecule has 3 saturated heterocycles. The van der Waals surface area contributed by atoms with Gasteiger partial charge in [-0.3, -0.25) is 4.90 Å². The Bertz CT molecular complexity index is 768. The van der Waals surface area contributed by atoms with Crippen molar-refractivity contribution < 1.29 is 28.1 Å². The summed E-state index contributed by atoms with van der Waals surface area (Å²) in [5.74, 6) is 0. The van der Waals surface area contributed by atoms with Crippen molar-refractivity contribution >= 4 is 5.69 Å². The third-order valence-electron chi connectivity index (χ3n) is 7.24. The zero-order chi connectivity index (χ0) is 23.6. The van der Waals surface area contributed by atoms with Crippen molar-refractivity contribution in [1.29, 1.82) is 0 Å². The van der Waals surface area contributed by atoms with E-state index in [1.165, 1.54) is 12.1 Å². The second-order valence-corrected chi connectivity index (χ2v) is 9.43. The Hall–Kier alpha value is -1.43. The van der Waals surface area contributed by atoms with E-state index in [1.54, 1.807) is 6.07 Å². The van der Waals surface area contributed by atoms with Gasteiger partial charge in [-0.1, -0.05) is 6.07 Å². The molecule has 0 aliphatic carbocycles. The summed E-state index contributed by atoms with van der Waals surface area (Å²) in [6.45, 7) is 4.77. The van der Waals surface area contributed by atoms with Crippen LogP contribution in [0.3, 0.4) is 0 Å². The molecule has 0 amide bonds. The maximum Gasteiger partial charge on any atom is 0.416 e. The molecule has 0 spiro atoms. The van der Waals surface area contributed by atoms with Gasteiger partial charge in [-0.25, -0.2) is 0 Å². The summed E-state index contributed by atoms with van der Waals surface area (Å²) in [5.41, 5.74) is -0.0886. The Labute approximate surface area is 193 Å². The molecule has 186 valence electrons. The van der Waals surface area contributed by atoms with Gasteiger partial charge in [-0.15, -0.1) is 0 Å². The first kappa shape index (κ1) is 24.7. The molecular formula is C23H35F3N4O3. The summed E-state index contributed by atoms with van der Waals surface area (Å²) in [6, 6.07) is 5.57. The lowest BCUT2D eigenvalue weighted by molar-refractivity contribution is -0.137. The number of hydrogen-bond acceptors (Lipinski definition) is 7. The number of aliphatic hydroxyl groups excluding tert-OH is 2. The van der Waals surface area contributed by atoms with E-state index in [2.05, 4.69) is 22.2 Å². The number of rotatable bonds is 6. The van der Waals surface area contributed by atoms with Crippen LogP contribution in [0, 0.1) is 0 Å². The summed E-state index contributed by atoms with van der Waals surface area (Å²) >= 11 is 0. The number of hydrogen-bond donors (Lipinski definition) is 3. The first-order chi connectivity index (χ1) is 15.8. The number of anilines is 1. The van der Waals surface area contributed by atoms with E-state index in [-0.39, 0.29) is 18.8 Å². The van der Waals surface area contributed by atoms with E-state index < -0.39 is 23.9 Å². The topological polar surface area (TPSA) is 71.4 Å². The minimum atomic E-state index is -4.36. The van der Waals surface area contributed by atoms with Crippen molar-refractivity contribution in [3.63, 3.8) is 0 Å². The molecule has 1 aromatic carbocycles. The molecule has 4 atom stereocenters. The largest absolute Gasteiger partial charge is 0.416 e. The number of nitrogens with one attached hydrogen (secondary N) is 1. The highest BCUT2D eigenvalue weighted by Gasteiger charge is 2.46. The summed E-state index contributed by atoms with van der Waals surface area (Å²) in [7, 11) is 2.12. The molecule has 0 saturated carbocycles. The van der Waals surface area contributed by atoms with Gasteiger partial charge in [0.2, 0.25) is 0 Å². The van der Waals surface area contributed by atoms with E-state index in [0.29, 0.717) is 44.5 Å². The highest BCUT2D eigenvalue weighted by Crippen LogP contribution is 2.32. The Morgan fingerprint density at radius 3 is 2.39 bits per heavy atom. The Morgan fingerprint density at radius 2 is 1.76 bits per heavy atom. The standard InChI is InChI=1S/C23H35F3N4O3/c1-28-7-5-17(6-8-28)27-14-19-21(22(32)20(15-31)33-19)30-11-9-29(10-12-30)18-4-2-3-16(13-18)23(24,25)26/h2-4,13,17,19-22,27,31-32H,5-12,14-15H2,1H3/t19-,20+,21+,22-/m1/s1. The number of alkyl halides is 3. The number of benzene rings is 1. The molecule has 4 rings (SSSR count). The van der Waals surface area contributed by atoms with Crippen LogP contribution >= 0.6 is 0 Å². The monoisotopic (exact) mass is 472 g/mol. The van der Waals surface area contributed by atoms with Gasteiger partial charge in [0.1, 0.15) is 12.2 Å². The Kier molecular flexibility index (Phi) is 7.82. The third-order valence-corrected chi connectivity index (χ3v) is 7.24. The molecule has 0 aromatic heterocycles. The van der Waals surface area contributed by atoms with Gasteiger partial charge in [0.25, 0.3) is 0 Å². The summed E-state index contributed by atoms with van der Waals surface area (Å²) in [5, 5.41) is 24.1. The summed E-state index contributed by atoms with van der Waals surface area (Å²) in [4.78, 5) is 6.41. The second-order valence-electron chi connectivity index (χ2n) is 9.43. The van der Waals surface area contributed by atoms with Gasteiger partial charge < -0.3 is 30.1 Å². The van der Waals surface area contributed by atoms with Crippen molar-refractivity contribution in [2.24, 2.45) is 0 Å². The van der Waals surface area contributed by atoms with E-state index in [0.717, 1.165) is 32.0 Å². The van der Waals surface area contributed by atoms with E-state index in [1.807, 2.05) is 4.90 Å². The zero-order valence-electron chi connectivity index (χ0n) is 19.0. The molecular weight excluding hydrogens is 437 g/mol. The molecule has 1 aromatic rings. The highest BCUT2D eigenvalue weighted by atomic mass is 19.4. The van der Waals surface area contributed by atoms with Gasteiger partial charge in [0.15, 0.2) is 0 Å². The Morgan fingerprint density at radius 1 is 1.06 bits per heavy atom. The molecule has 0 radical (unpaired) electrons. The van der Waals surface area contributed by atoms with Gasteiger partial charge in [0.05, 0.1) is 24.3 Å². The molecule has 0 bridgehead atoms. The van der Waals surface area contributed by atoms with Crippen LogP contribution in [0.2, 0.25) is 0 Å². The highest BCUT2D eigenvalue weighted by molar-refractivity contribution is 5.49. The van der Waals surface area contributed by atoms with Gasteiger partial charge in [-0.2, -0.15) is 13.2 Å². The van der Waals surface area contributed by atoms with Crippen molar-refractivity contribution in [3.8, 4) is 0 Å². The third kappa shape index (κ3) is 5.80. The van der Waals surface area contributed by atoms with Crippen LogP contribution in [0.5, 0.6) is 0 Å². The molecule has 33 heavy (non-hydrogen) atoms. The average molecular weight is 473 g/mol. The first-order valence-electron chi connectivity index (χ1n) is 11.8. The van der Waals surface area contributed by atoms with Crippen LogP contribution < -0.4 is 10.2 Å². The van der Waals surface area contributed by atoms with Crippen LogP contribution in [-0.4, -0.2) is 110 Å². The number of halogens is 3. The van der Waals surface area contributed by atoms with Crippen LogP contribution in [0.15, 0.2) is 24.3 Å². The van der Waals surface area contributed by atoms with E-state index >= 15 is 0 Å². The first-order valence-corrected chi connectivity index (χ1v) is 11.8. The molecule has 3 fully saturated rings. The fraction of sp³-hybridized carbons (Fsp3) is 0.739. The molecule has 3 aliphatic heterocycles. The predicted octanol–water partition coefficient (Wildman–Crippen LogP) is 1.00. The lowest BCUT2D eigenvalue weighted by Crippen LogP contribution is -2.58. The van der Waals surface area contributed by atoms with Crippen LogP contribution in [0.25, 0.3) is 0 Å². The lowest BCUT2D eigenvalue weighted by atomic mass is 10.00. The zero-order valence-corrected chi connectivity index (χ0v) is 19.0. The number of nitrogens with zero attached hydrogens (tertiary/aromatic N) is 3. The van der Waals surface area contributed by atoms with E-state index in [4.69, 9.17) is 4.74 Å². The van der Waals surface area contributed by atoms with Crippen molar-refractivity contribution in [1.82, 2.24) is 15.1 Å². The summed E-state index contributed by atoms with van der Waals surface area (Å²) < 4.78 is 45.3. The van der Waals surface area contributed by atoms with Crippen molar-refractivity contribution in [2.75, 3.05) is 64.4 Å². The molecule has 0 unspecified atom stereocenters. The number of piperidine rings is 1. The lowest BCUT2D eigenvalue weighted by Gasteiger charge is -2.41. The number of aliphatic hydroxyl groups is 2. The number of likely N-dealkylation sites (tertiary alicyclic amines) is 1. The SMILES string of the molecule is CN1CCC(NC[C@H]2O[C@@H](CO)[C@@H](O)[C@H]2N2CCN(c3cccc(C(F)(F)F)c3)CC2)CC1. The average Bonchev–Trinajstić information content (AvgIpc) is 3.13. The fourth-order valence-electron chi connectivity index (χ4n) is 5.25. The van der Waals surface area contributed by atoms with Gasteiger partial charge in [0, 0.05) is 44.5 Å². The second kappa shape index (κ2) is 10.5. The van der Waals surface area contributed by atoms with Crippen LogP contribution in [-0.2, 0) is 10.9 Å². The van der Waals surface area contributed by atoms with Crippen LogP contribution in [0.4, 0.5) is 18.9 Å². The normalized spacial score (nSPS) is 30.8.